The van der Waals surface area contributed by atoms with Crippen LogP contribution in [0.2, 0.25) is 0 Å². The highest BCUT2D eigenvalue weighted by molar-refractivity contribution is 6.26. The summed E-state index contributed by atoms with van der Waals surface area (Å²) in [6, 6.07) is 19.1. The zero-order valence-corrected chi connectivity index (χ0v) is 61.7. The average Bonchev–Trinajstić information content (AvgIpc) is 1.61. The van der Waals surface area contributed by atoms with Crippen molar-refractivity contribution < 1.29 is 80.9 Å². The van der Waals surface area contributed by atoms with Gasteiger partial charge in [0, 0.05) is 100 Å². The predicted molar refractivity (Wildman–Crippen MR) is 397 cm³/mol. The third-order valence-electron chi connectivity index (χ3n) is 19.6. The molecular formula is C77H83F2N17O15. The highest BCUT2D eigenvalue weighted by atomic mass is 19.1. The Morgan fingerprint density at radius 2 is 1.02 bits per heavy atom. The van der Waals surface area contributed by atoms with Crippen LogP contribution in [0.4, 0.5) is 31.8 Å². The van der Waals surface area contributed by atoms with Gasteiger partial charge in [-0.3, -0.25) is 78.0 Å². The van der Waals surface area contributed by atoms with E-state index in [1.165, 1.54) is 52.0 Å². The quantitative estimate of drug-likeness (QED) is 0.0324. The molecule has 10 heterocycles. The summed E-state index contributed by atoms with van der Waals surface area (Å²) in [7, 11) is 1.65. The molecule has 0 saturated carbocycles. The maximum absolute atomic E-state index is 14.4. The number of hydrogen-bond donors (Lipinski definition) is 7. The SMILES string of the molecule is CCCCN1C[C@H](C)Oc2ccc(F)cc2[C@@H](C)Nc2ccn3ncc(c3n2)C1=O.C[C@H]1CN(CCN(C)C(=O)CCCNc2cccc3c2C(=O)N(C2CCC(=O)NC2=O)C3=O)C(=O)c2cnn3ccc(nc23)N[C@H](C)c2cc(F)ccc2O1.O=C(O)CCCNc1cccc2c1C(=O)N(C1CCC(=O)NC1=O)C2=O. The van der Waals surface area contributed by atoms with Crippen LogP contribution in [-0.4, -0.2) is 207 Å². The minimum Gasteiger partial charge on any atom is -0.489 e. The second kappa shape index (κ2) is 33.8. The van der Waals surface area contributed by atoms with Gasteiger partial charge < -0.3 is 50.5 Å². The number of likely N-dealkylation sites (N-methyl/N-ethyl adjacent to an activating group) is 1. The molecule has 8 aromatic rings. The van der Waals surface area contributed by atoms with Gasteiger partial charge >= 0.3 is 5.97 Å². The fourth-order valence-corrected chi connectivity index (χ4v) is 13.9. The van der Waals surface area contributed by atoms with Crippen molar-refractivity contribution in [3.05, 3.63) is 166 Å². The number of hydrogen-bond acceptors (Lipinski definition) is 22. The number of imide groups is 4. The first-order chi connectivity index (χ1) is 53.2. The number of benzene rings is 4. The summed E-state index contributed by atoms with van der Waals surface area (Å²) < 4.78 is 43.9. The Labute approximate surface area is 634 Å². The van der Waals surface area contributed by atoms with Gasteiger partial charge in [0.2, 0.25) is 29.5 Å². The average molecular weight is 1520 g/mol. The van der Waals surface area contributed by atoms with Gasteiger partial charge in [0.1, 0.15) is 70.2 Å². The summed E-state index contributed by atoms with van der Waals surface area (Å²) in [4.78, 5) is 167. The molecule has 2 saturated heterocycles. The minimum absolute atomic E-state index is 0.0166. The normalized spacial score (nSPS) is 19.6. The Hall–Kier alpha value is -12.8. The molecule has 6 aliphatic heterocycles. The molecule has 6 atom stereocenters. The number of carboxylic acid groups (broad SMARTS) is 1. The minimum atomic E-state index is -1.07. The van der Waals surface area contributed by atoms with E-state index in [1.807, 2.05) is 27.7 Å². The molecule has 111 heavy (non-hydrogen) atoms. The van der Waals surface area contributed by atoms with Crippen molar-refractivity contribution in [2.45, 2.75) is 135 Å². The highest BCUT2D eigenvalue weighted by Crippen LogP contribution is 2.37. The van der Waals surface area contributed by atoms with E-state index in [4.69, 9.17) is 14.6 Å². The summed E-state index contributed by atoms with van der Waals surface area (Å²) in [5.41, 5.74) is 4.32. The first-order valence-corrected chi connectivity index (χ1v) is 36.6. The monoisotopic (exact) mass is 1520 g/mol. The van der Waals surface area contributed by atoms with E-state index >= 15 is 0 Å². The Bertz CT molecular complexity index is 5030. The third kappa shape index (κ3) is 17.2. The van der Waals surface area contributed by atoms with Crippen molar-refractivity contribution in [2.24, 2.45) is 0 Å². The van der Waals surface area contributed by atoms with Crippen LogP contribution < -0.4 is 41.4 Å². The van der Waals surface area contributed by atoms with Crippen molar-refractivity contribution in [2.75, 3.05) is 74.1 Å². The second-order valence-corrected chi connectivity index (χ2v) is 27.7. The molecule has 7 N–H and O–H groups in total. The molecule has 32 nitrogen and oxygen atoms in total. The second-order valence-electron chi connectivity index (χ2n) is 27.7. The standard InChI is InChI=1S/C38H40FN9O7.C22H26FN5O2.C17H17N3O6/c1-21-20-46(36(52)26-19-41-47-15-13-30(43-34(26)47)42-22(2)25-18-23(39)9-11-29(25)55-21)17-16-45(3)32(50)8-5-14-40-27-7-4-6-24-33(27)38(54)48(37(24)53)28-10-12-31(49)44-35(28)51;1-4-5-9-27-13-14(2)30-19-7-6-16(23)11-17(19)15(3)25-20-8-10-28-21(26-20)18(12-24-28)22(27)29;21-12-7-6-11(15(24)19-12)20-16(25)9-3-1-4-10(14(9)17(20)26)18-8-2-5-13(22)23/h4,6-7,9,11,13,15,18-19,21-22,28,40H,5,8,10,12,14,16-17,20H2,1-3H3,(H,42,43)(H,44,49,51);6-8,10-12,14-15H,4-5,9,13H2,1-3H3,(H,25,26);1,3-4,11,18H,2,5-8H2,(H,22,23)(H,19,21,24)/t21-,22+,28?;14-,15+;/m00./s1. The Balaban J connectivity index is 0.000000171. The number of aromatic nitrogens is 6. The van der Waals surface area contributed by atoms with Crippen molar-refractivity contribution in [1.82, 2.24) is 64.3 Å². The van der Waals surface area contributed by atoms with Crippen LogP contribution in [0.3, 0.4) is 0 Å². The Kier molecular flexibility index (Phi) is 23.7. The molecule has 6 aliphatic rings. The maximum atomic E-state index is 14.4. The molecule has 11 amide bonds. The molecule has 580 valence electrons. The number of carbonyl (C=O) groups excluding carboxylic acids is 11. The molecule has 4 aromatic heterocycles. The summed E-state index contributed by atoms with van der Waals surface area (Å²) in [6.45, 7) is 11.8. The van der Waals surface area contributed by atoms with Gasteiger partial charge in [-0.1, -0.05) is 25.5 Å². The number of nitrogens with one attached hydrogen (secondary N) is 6. The number of fused-ring (bicyclic) bond motifs is 6. The summed E-state index contributed by atoms with van der Waals surface area (Å²) in [6.07, 6.45) is 8.66. The lowest BCUT2D eigenvalue weighted by Crippen LogP contribution is -2.54. The van der Waals surface area contributed by atoms with Crippen LogP contribution in [-0.2, 0) is 28.8 Å². The largest absolute Gasteiger partial charge is 0.489 e. The number of carbonyl (C=O) groups is 12. The molecule has 0 radical (unpaired) electrons. The summed E-state index contributed by atoms with van der Waals surface area (Å²) >= 11 is 0. The van der Waals surface area contributed by atoms with Gasteiger partial charge in [-0.05, 0) is 133 Å². The van der Waals surface area contributed by atoms with Crippen molar-refractivity contribution in [3.63, 3.8) is 0 Å². The number of unbranched alkanes of at least 4 members (excludes halogenated alkanes) is 1. The number of rotatable bonds is 18. The van der Waals surface area contributed by atoms with Gasteiger partial charge in [-0.25, -0.2) is 27.8 Å². The number of aliphatic carboxylic acids is 1. The van der Waals surface area contributed by atoms with E-state index in [2.05, 4.69) is 59.0 Å². The zero-order valence-electron chi connectivity index (χ0n) is 61.7. The molecule has 2 unspecified atom stereocenters. The number of nitrogens with zero attached hydrogens (tertiary/aromatic N) is 11. The van der Waals surface area contributed by atoms with Gasteiger partial charge in [0.15, 0.2) is 11.3 Å². The fourth-order valence-electron chi connectivity index (χ4n) is 13.9. The molecule has 14 rings (SSSR count). The molecule has 0 aliphatic carbocycles. The van der Waals surface area contributed by atoms with E-state index in [-0.39, 0.29) is 128 Å². The molecular weight excluding hydrogens is 1440 g/mol. The van der Waals surface area contributed by atoms with Crippen LogP contribution in [0.1, 0.15) is 184 Å². The van der Waals surface area contributed by atoms with E-state index in [0.717, 1.165) is 22.6 Å². The van der Waals surface area contributed by atoms with E-state index in [1.54, 1.807) is 88.5 Å². The first kappa shape index (κ1) is 77.8. The number of ether oxygens (including phenoxy) is 2. The van der Waals surface area contributed by atoms with E-state index < -0.39 is 77.2 Å². The lowest BCUT2D eigenvalue weighted by atomic mass is 10.0. The Morgan fingerprint density at radius 1 is 0.568 bits per heavy atom. The molecule has 4 bridgehead atoms. The van der Waals surface area contributed by atoms with Crippen LogP contribution >= 0.6 is 0 Å². The summed E-state index contributed by atoms with van der Waals surface area (Å²) in [5.74, 6) is -4.80. The van der Waals surface area contributed by atoms with Crippen LogP contribution in [0.15, 0.2) is 110 Å². The first-order valence-electron chi connectivity index (χ1n) is 36.6. The third-order valence-corrected chi connectivity index (χ3v) is 19.6. The van der Waals surface area contributed by atoms with E-state index in [0.29, 0.717) is 102 Å². The van der Waals surface area contributed by atoms with Crippen molar-refractivity contribution in [3.8, 4) is 11.5 Å². The topological polar surface area (TPSA) is 392 Å². The maximum Gasteiger partial charge on any atom is 0.303 e. The molecule has 0 spiro atoms. The zero-order chi connectivity index (χ0) is 79.1. The van der Waals surface area contributed by atoms with Crippen LogP contribution in [0.5, 0.6) is 11.5 Å². The van der Waals surface area contributed by atoms with Crippen LogP contribution in [0, 0.1) is 11.6 Å². The fraction of sp³-hybridized carbons (Fsp3) is 0.377. The van der Waals surface area contributed by atoms with Gasteiger partial charge in [-0.15, -0.1) is 0 Å². The van der Waals surface area contributed by atoms with Gasteiger partial charge in [-0.2, -0.15) is 10.2 Å². The number of halogens is 2. The van der Waals surface area contributed by atoms with Gasteiger partial charge in [0.25, 0.3) is 35.4 Å². The smallest absolute Gasteiger partial charge is 0.303 e. The van der Waals surface area contributed by atoms with Crippen LogP contribution in [0.25, 0.3) is 11.3 Å². The van der Waals surface area contributed by atoms with Gasteiger partial charge in [0.05, 0.1) is 59.8 Å². The summed E-state index contributed by atoms with van der Waals surface area (Å²) in [5, 5.41) is 34.3. The van der Waals surface area contributed by atoms with Crippen molar-refractivity contribution in [1.29, 1.82) is 0 Å². The molecule has 2 fully saturated rings. The lowest BCUT2D eigenvalue weighted by molar-refractivity contribution is -0.138. The number of piperidine rings is 2. The highest BCUT2D eigenvalue weighted by Gasteiger charge is 2.47. The number of anilines is 4. The Morgan fingerprint density at radius 3 is 1.46 bits per heavy atom. The lowest BCUT2D eigenvalue weighted by Gasteiger charge is -2.29. The molecule has 4 aromatic carbocycles. The number of carboxylic acids is 1. The number of amides is 11. The predicted octanol–water partition coefficient (Wildman–Crippen LogP) is 7.45. The van der Waals surface area contributed by atoms with E-state index in [9.17, 15) is 66.3 Å². The molecule has 34 heteroatoms. The van der Waals surface area contributed by atoms with Crippen molar-refractivity contribution >= 4 is 105 Å².